The molecule has 2 amide bonds. The fourth-order valence-electron chi connectivity index (χ4n) is 4.70. The molecule has 4 rings (SSSR count). The maximum atomic E-state index is 12.7. The number of carbonyl (C=O) groups excluding carboxylic acids is 1. The Labute approximate surface area is 199 Å². The molecule has 0 bridgehead atoms. The van der Waals surface area contributed by atoms with Gasteiger partial charge in [-0.3, -0.25) is 0 Å². The standard InChI is InChI=1S/C28H37N3O2.H2/c1-4-24(33-27-11-10-20(2)19-29-27)17-21(3)16-22-12-14-31(15-13-22)28(32)30-26-18-25(26)23-8-6-5-7-9-23;/h4-11,17,22,25-26,29H,12-16,18-19H2,1-3H3,(H,30,32);1H/b21-17+,24-4+;/t25?,26-;/m1./s1. The molecule has 1 aromatic rings. The summed E-state index contributed by atoms with van der Waals surface area (Å²) in [6.45, 7) is 8.77. The van der Waals surface area contributed by atoms with E-state index >= 15 is 0 Å². The number of likely N-dealkylation sites (tertiary alicyclic amines) is 1. The Morgan fingerprint density at radius 1 is 1.24 bits per heavy atom. The average molecular weight is 450 g/mol. The highest BCUT2D eigenvalue weighted by molar-refractivity contribution is 5.75. The number of dihydropyridines is 1. The molecule has 0 aromatic heterocycles. The quantitative estimate of drug-likeness (QED) is 0.405. The van der Waals surface area contributed by atoms with E-state index in [9.17, 15) is 4.79 Å². The second-order valence-electron chi connectivity index (χ2n) is 9.62. The van der Waals surface area contributed by atoms with Crippen LogP contribution in [0.2, 0.25) is 0 Å². The van der Waals surface area contributed by atoms with Gasteiger partial charge in [0.25, 0.3) is 0 Å². The van der Waals surface area contributed by atoms with Crippen molar-refractivity contribution in [1.29, 1.82) is 0 Å². The van der Waals surface area contributed by atoms with Crippen LogP contribution < -0.4 is 10.6 Å². The SMILES string of the molecule is C/C=C(\C=C(/C)CC1CCN(C(=O)N[C@@H]2CC2c2ccccc2)CC1)OC1=CC=C(C)CN1.[HH]. The van der Waals surface area contributed by atoms with E-state index < -0.39 is 0 Å². The maximum absolute atomic E-state index is 12.7. The Morgan fingerprint density at radius 3 is 2.67 bits per heavy atom. The summed E-state index contributed by atoms with van der Waals surface area (Å²) >= 11 is 0. The summed E-state index contributed by atoms with van der Waals surface area (Å²) in [7, 11) is 0. The third-order valence-electron chi connectivity index (χ3n) is 6.80. The molecule has 2 fully saturated rings. The molecule has 1 aromatic carbocycles. The number of carbonyl (C=O) groups is 1. The fraction of sp³-hybridized carbons (Fsp3) is 0.464. The van der Waals surface area contributed by atoms with Gasteiger partial charge in [0.1, 0.15) is 5.76 Å². The molecule has 1 aliphatic carbocycles. The molecule has 2 aliphatic heterocycles. The first-order valence-corrected chi connectivity index (χ1v) is 12.2. The van der Waals surface area contributed by atoms with Gasteiger partial charge in [-0.1, -0.05) is 47.6 Å². The van der Waals surface area contributed by atoms with Gasteiger partial charge in [0.15, 0.2) is 5.88 Å². The summed E-state index contributed by atoms with van der Waals surface area (Å²) in [5, 5.41) is 6.53. The van der Waals surface area contributed by atoms with Gasteiger partial charge in [-0.15, -0.1) is 0 Å². The Hall–Kier alpha value is -2.95. The van der Waals surface area contributed by atoms with Gasteiger partial charge in [-0.05, 0) is 76.2 Å². The van der Waals surface area contributed by atoms with Gasteiger partial charge in [0, 0.05) is 33.0 Å². The molecule has 1 saturated carbocycles. The van der Waals surface area contributed by atoms with E-state index in [1.165, 1.54) is 16.7 Å². The van der Waals surface area contributed by atoms with E-state index in [4.69, 9.17) is 4.74 Å². The zero-order chi connectivity index (χ0) is 23.2. The zero-order valence-corrected chi connectivity index (χ0v) is 20.1. The number of piperidine rings is 1. The summed E-state index contributed by atoms with van der Waals surface area (Å²) in [4.78, 5) is 14.7. The lowest BCUT2D eigenvalue weighted by atomic mass is 9.90. The molecule has 1 unspecified atom stereocenters. The van der Waals surface area contributed by atoms with Gasteiger partial charge >= 0.3 is 6.03 Å². The minimum Gasteiger partial charge on any atom is -0.442 e. The largest absolute Gasteiger partial charge is 0.442 e. The van der Waals surface area contributed by atoms with Gasteiger partial charge in [0.2, 0.25) is 0 Å². The van der Waals surface area contributed by atoms with Crippen molar-refractivity contribution in [2.24, 2.45) is 5.92 Å². The highest BCUT2D eigenvalue weighted by Crippen LogP contribution is 2.40. The minimum atomic E-state index is 0. The number of hydrogen-bond acceptors (Lipinski definition) is 3. The molecule has 33 heavy (non-hydrogen) atoms. The van der Waals surface area contributed by atoms with Gasteiger partial charge < -0.3 is 20.3 Å². The molecule has 3 aliphatic rings. The Bertz CT molecular complexity index is 959. The fourth-order valence-corrected chi connectivity index (χ4v) is 4.70. The van der Waals surface area contributed by atoms with Crippen LogP contribution in [0.4, 0.5) is 4.79 Å². The van der Waals surface area contributed by atoms with Crippen LogP contribution >= 0.6 is 0 Å². The van der Waals surface area contributed by atoms with Crippen molar-refractivity contribution in [2.75, 3.05) is 19.6 Å². The van der Waals surface area contributed by atoms with Gasteiger partial charge in [-0.25, -0.2) is 4.79 Å². The van der Waals surface area contributed by atoms with E-state index in [0.29, 0.717) is 11.8 Å². The van der Waals surface area contributed by atoms with E-state index in [-0.39, 0.29) is 13.5 Å². The van der Waals surface area contributed by atoms with Crippen molar-refractivity contribution in [1.82, 2.24) is 15.5 Å². The molecule has 2 heterocycles. The van der Waals surface area contributed by atoms with Crippen LogP contribution in [0.5, 0.6) is 0 Å². The topological polar surface area (TPSA) is 53.6 Å². The number of rotatable bonds is 7. The monoisotopic (exact) mass is 449 g/mol. The molecular formula is C28H39N3O2. The van der Waals surface area contributed by atoms with Crippen molar-refractivity contribution in [3.8, 4) is 0 Å². The van der Waals surface area contributed by atoms with Crippen molar-refractivity contribution >= 4 is 6.03 Å². The summed E-state index contributed by atoms with van der Waals surface area (Å²) in [5.41, 5.74) is 3.94. The second-order valence-corrected chi connectivity index (χ2v) is 9.62. The number of nitrogens with one attached hydrogen (secondary N) is 2. The average Bonchev–Trinajstić information content (AvgIpc) is 3.60. The second kappa shape index (κ2) is 10.8. The highest BCUT2D eigenvalue weighted by Gasteiger charge is 2.40. The summed E-state index contributed by atoms with van der Waals surface area (Å²) in [5.74, 6) is 2.75. The molecule has 5 nitrogen and oxygen atoms in total. The molecular weight excluding hydrogens is 410 g/mol. The lowest BCUT2D eigenvalue weighted by Gasteiger charge is -2.32. The Morgan fingerprint density at radius 2 is 2.00 bits per heavy atom. The van der Waals surface area contributed by atoms with E-state index in [0.717, 1.165) is 57.0 Å². The number of amides is 2. The Kier molecular flexibility index (Phi) is 7.58. The van der Waals surface area contributed by atoms with Crippen LogP contribution in [-0.4, -0.2) is 36.6 Å². The zero-order valence-electron chi connectivity index (χ0n) is 20.1. The lowest BCUT2D eigenvalue weighted by molar-refractivity contribution is 0.170. The smallest absolute Gasteiger partial charge is 0.317 e. The normalized spacial score (nSPS) is 23.9. The van der Waals surface area contributed by atoms with Gasteiger partial charge in [0.05, 0.1) is 0 Å². The van der Waals surface area contributed by atoms with Crippen LogP contribution in [0, 0.1) is 5.92 Å². The molecule has 2 atom stereocenters. The van der Waals surface area contributed by atoms with Crippen LogP contribution in [0.25, 0.3) is 0 Å². The predicted molar refractivity (Wildman–Crippen MR) is 136 cm³/mol. The molecule has 5 heteroatoms. The first-order chi connectivity index (χ1) is 16.0. The number of ether oxygens (including phenoxy) is 1. The molecule has 178 valence electrons. The van der Waals surface area contributed by atoms with Crippen LogP contribution in [0.15, 0.2) is 77.4 Å². The molecule has 2 N–H and O–H groups in total. The number of nitrogens with zero attached hydrogens (tertiary/aromatic N) is 1. The van der Waals surface area contributed by atoms with Crippen LogP contribution in [0.1, 0.15) is 59.4 Å². The van der Waals surface area contributed by atoms with E-state index in [1.807, 2.05) is 30.0 Å². The Balaban J connectivity index is 0.00000324. The number of hydrogen-bond donors (Lipinski definition) is 2. The number of benzene rings is 1. The third-order valence-corrected chi connectivity index (χ3v) is 6.80. The van der Waals surface area contributed by atoms with Crippen molar-refractivity contribution in [3.05, 3.63) is 83.0 Å². The first kappa shape index (κ1) is 23.2. The van der Waals surface area contributed by atoms with Gasteiger partial charge in [-0.2, -0.15) is 0 Å². The van der Waals surface area contributed by atoms with Crippen molar-refractivity contribution < 1.29 is 11.0 Å². The van der Waals surface area contributed by atoms with Crippen LogP contribution in [-0.2, 0) is 4.74 Å². The van der Waals surface area contributed by atoms with Crippen molar-refractivity contribution in [2.45, 2.75) is 58.4 Å². The highest BCUT2D eigenvalue weighted by atomic mass is 16.5. The van der Waals surface area contributed by atoms with E-state index in [1.54, 1.807) is 0 Å². The molecule has 0 spiro atoms. The first-order valence-electron chi connectivity index (χ1n) is 12.2. The number of allylic oxidation sites excluding steroid dienone is 5. The molecule has 1 saturated heterocycles. The maximum Gasteiger partial charge on any atom is 0.317 e. The summed E-state index contributed by atoms with van der Waals surface area (Å²) < 4.78 is 6.01. The third kappa shape index (κ3) is 6.53. The van der Waals surface area contributed by atoms with Crippen molar-refractivity contribution in [3.63, 3.8) is 0 Å². The lowest BCUT2D eigenvalue weighted by Crippen LogP contribution is -2.45. The minimum absolute atomic E-state index is 0. The van der Waals surface area contributed by atoms with E-state index in [2.05, 4.69) is 60.9 Å². The summed E-state index contributed by atoms with van der Waals surface area (Å²) in [6.07, 6.45) is 12.4. The molecule has 0 radical (unpaired) electrons. The predicted octanol–water partition coefficient (Wildman–Crippen LogP) is 5.86. The summed E-state index contributed by atoms with van der Waals surface area (Å²) in [6, 6.07) is 10.9. The number of urea groups is 1. The van der Waals surface area contributed by atoms with Crippen LogP contribution in [0.3, 0.4) is 0 Å².